The molecule has 2 saturated heterocycles. The molecule has 4 aliphatic rings. The molecular weight excluding hydrogens is 694 g/mol. The number of carbonyl (C=O) groups is 4. The number of halogens is 1. The van der Waals surface area contributed by atoms with E-state index >= 15 is 9.59 Å². The summed E-state index contributed by atoms with van der Waals surface area (Å²) < 4.78 is 0. The van der Waals surface area contributed by atoms with Gasteiger partial charge in [-0.05, 0) is 71.7 Å². The summed E-state index contributed by atoms with van der Waals surface area (Å²) in [7, 11) is 0. The molecule has 53 heavy (non-hydrogen) atoms. The van der Waals surface area contributed by atoms with Crippen LogP contribution in [-0.4, -0.2) is 33.7 Å². The van der Waals surface area contributed by atoms with Gasteiger partial charge in [0, 0.05) is 28.5 Å². The van der Waals surface area contributed by atoms with Gasteiger partial charge < -0.3 is 5.11 Å². The van der Waals surface area contributed by atoms with Crippen molar-refractivity contribution in [2.45, 2.75) is 24.2 Å². The number of phenolic OH excluding ortho intramolecular Hbond substituents is 1. The van der Waals surface area contributed by atoms with Crippen LogP contribution in [0.2, 0.25) is 5.02 Å². The van der Waals surface area contributed by atoms with Crippen molar-refractivity contribution in [3.63, 3.8) is 0 Å². The second-order valence-electron chi connectivity index (χ2n) is 14.1. The number of anilines is 2. The van der Waals surface area contributed by atoms with Crippen LogP contribution in [0, 0.1) is 33.8 Å². The van der Waals surface area contributed by atoms with E-state index < -0.39 is 63.6 Å². The minimum atomic E-state index is -1.47. The molecule has 5 aromatic carbocycles. The second-order valence-corrected chi connectivity index (χ2v) is 14.5. The lowest BCUT2D eigenvalue weighted by atomic mass is 9.49. The summed E-state index contributed by atoms with van der Waals surface area (Å²) in [5.41, 5.74) is 1.05. The first-order chi connectivity index (χ1) is 25.6. The fourth-order valence-corrected chi connectivity index (χ4v) is 9.81. The van der Waals surface area contributed by atoms with Crippen molar-refractivity contribution in [3.05, 3.63) is 153 Å². The van der Waals surface area contributed by atoms with Crippen molar-refractivity contribution < 1.29 is 29.2 Å². The van der Waals surface area contributed by atoms with E-state index in [-0.39, 0.29) is 30.0 Å². The smallest absolute Gasteiger partial charge is 0.269 e. The van der Waals surface area contributed by atoms with E-state index in [2.05, 4.69) is 0 Å². The molecule has 2 aliphatic heterocycles. The topological polar surface area (TPSA) is 138 Å². The lowest BCUT2D eigenvalue weighted by molar-refractivity contribution is -0.384. The summed E-state index contributed by atoms with van der Waals surface area (Å²) in [6.07, 6.45) is 2.30. The quantitative estimate of drug-likeness (QED) is 0.0859. The van der Waals surface area contributed by atoms with Crippen molar-refractivity contribution in [3.8, 4) is 5.75 Å². The third-order valence-corrected chi connectivity index (χ3v) is 12.0. The number of aromatic hydroxyl groups is 1. The Balaban J connectivity index is 1.28. The first-order valence-electron chi connectivity index (χ1n) is 17.3. The Kier molecular flexibility index (Phi) is 7.39. The van der Waals surface area contributed by atoms with Gasteiger partial charge in [-0.25, -0.2) is 4.90 Å². The van der Waals surface area contributed by atoms with Gasteiger partial charge in [-0.15, -0.1) is 0 Å². The molecular formula is C42H30ClN3O7. The summed E-state index contributed by atoms with van der Waals surface area (Å²) >= 11 is 6.42. The maximum absolute atomic E-state index is 15.5. The van der Waals surface area contributed by atoms with Gasteiger partial charge in [0.05, 0.1) is 39.5 Å². The number of allylic oxidation sites excluding steroid dienone is 2. The molecule has 262 valence electrons. The Morgan fingerprint density at radius 1 is 0.736 bits per heavy atom. The average molecular weight is 724 g/mol. The molecule has 10 nitrogen and oxygen atoms in total. The van der Waals surface area contributed by atoms with Gasteiger partial charge in [-0.2, -0.15) is 0 Å². The van der Waals surface area contributed by atoms with Gasteiger partial charge in [-0.1, -0.05) is 90.0 Å². The number of hydrogen-bond acceptors (Lipinski definition) is 7. The monoisotopic (exact) mass is 723 g/mol. The molecule has 1 N–H and O–H groups in total. The Labute approximate surface area is 308 Å². The molecule has 0 unspecified atom stereocenters. The number of hydrogen-bond donors (Lipinski definition) is 1. The molecule has 11 heteroatoms. The zero-order chi connectivity index (χ0) is 36.8. The molecule has 0 bridgehead atoms. The predicted molar refractivity (Wildman–Crippen MR) is 197 cm³/mol. The van der Waals surface area contributed by atoms with Gasteiger partial charge >= 0.3 is 0 Å². The second kappa shape index (κ2) is 12.0. The minimum absolute atomic E-state index is 0.0596. The highest BCUT2D eigenvalue weighted by Crippen LogP contribution is 2.65. The van der Waals surface area contributed by atoms with Gasteiger partial charge in [0.1, 0.15) is 5.75 Å². The van der Waals surface area contributed by atoms with Crippen LogP contribution in [0.4, 0.5) is 17.1 Å². The Morgan fingerprint density at radius 2 is 1.45 bits per heavy atom. The van der Waals surface area contributed by atoms with Gasteiger partial charge in [0.2, 0.25) is 23.6 Å². The van der Waals surface area contributed by atoms with Crippen molar-refractivity contribution in [2.24, 2.45) is 23.7 Å². The summed E-state index contributed by atoms with van der Waals surface area (Å²) in [6, 6.07) is 31.9. The predicted octanol–water partition coefficient (Wildman–Crippen LogP) is 7.47. The zero-order valence-corrected chi connectivity index (χ0v) is 28.7. The Hall–Kier alpha value is -6.13. The maximum atomic E-state index is 15.5. The van der Waals surface area contributed by atoms with E-state index in [1.165, 1.54) is 29.2 Å². The summed E-state index contributed by atoms with van der Waals surface area (Å²) in [6.45, 7) is 0. The number of phenols is 1. The number of nitro benzene ring substituents is 1. The van der Waals surface area contributed by atoms with Crippen LogP contribution in [0.25, 0.3) is 10.8 Å². The molecule has 0 spiro atoms. The minimum Gasteiger partial charge on any atom is -0.507 e. The van der Waals surface area contributed by atoms with Crippen LogP contribution in [-0.2, 0) is 24.6 Å². The van der Waals surface area contributed by atoms with Crippen LogP contribution in [0.5, 0.6) is 5.75 Å². The van der Waals surface area contributed by atoms with E-state index in [4.69, 9.17) is 11.6 Å². The van der Waals surface area contributed by atoms with Crippen LogP contribution in [0.1, 0.15) is 29.9 Å². The van der Waals surface area contributed by atoms with Gasteiger partial charge in [0.15, 0.2) is 0 Å². The number of carbonyl (C=O) groups excluding carboxylic acids is 4. The lowest BCUT2D eigenvalue weighted by Gasteiger charge is -2.51. The molecule has 3 fully saturated rings. The molecule has 4 amide bonds. The number of non-ortho nitro benzene ring substituents is 1. The fraction of sp³-hybridized carbons (Fsp3) is 0.190. The van der Waals surface area contributed by atoms with Crippen LogP contribution < -0.4 is 9.80 Å². The van der Waals surface area contributed by atoms with Crippen LogP contribution in [0.15, 0.2) is 127 Å². The van der Waals surface area contributed by atoms with Gasteiger partial charge in [-0.3, -0.25) is 34.2 Å². The Bertz CT molecular complexity index is 2450. The molecule has 2 aliphatic carbocycles. The largest absolute Gasteiger partial charge is 0.507 e. The number of nitrogens with zero attached hydrogens (tertiary/aromatic N) is 3. The molecule has 2 heterocycles. The summed E-state index contributed by atoms with van der Waals surface area (Å²) in [5.74, 6) is -5.58. The summed E-state index contributed by atoms with van der Waals surface area (Å²) in [5, 5.41) is 24.0. The number of imide groups is 2. The fourth-order valence-electron chi connectivity index (χ4n) is 9.62. The first kappa shape index (κ1) is 32.8. The van der Waals surface area contributed by atoms with E-state index in [9.17, 15) is 24.8 Å². The summed E-state index contributed by atoms with van der Waals surface area (Å²) in [4.78, 5) is 72.3. The number of benzene rings is 5. The lowest BCUT2D eigenvalue weighted by Crippen LogP contribution is -2.53. The van der Waals surface area contributed by atoms with E-state index in [0.29, 0.717) is 32.6 Å². The number of amides is 4. The third kappa shape index (κ3) is 4.58. The average Bonchev–Trinajstić information content (AvgIpc) is 3.56. The number of rotatable bonds is 5. The van der Waals surface area contributed by atoms with Gasteiger partial charge in [0.25, 0.3) is 5.69 Å². The first-order valence-corrected chi connectivity index (χ1v) is 17.7. The van der Waals surface area contributed by atoms with E-state index in [0.717, 1.165) is 10.5 Å². The van der Waals surface area contributed by atoms with E-state index in [1.807, 2.05) is 54.6 Å². The highest BCUT2D eigenvalue weighted by atomic mass is 35.5. The molecule has 9 rings (SSSR count). The highest BCUT2D eigenvalue weighted by Gasteiger charge is 2.70. The zero-order valence-electron chi connectivity index (χ0n) is 28.0. The van der Waals surface area contributed by atoms with Crippen molar-refractivity contribution in [1.29, 1.82) is 0 Å². The molecule has 1 saturated carbocycles. The van der Waals surface area contributed by atoms with Crippen molar-refractivity contribution in [2.75, 3.05) is 9.80 Å². The normalized spacial score (nSPS) is 26.4. The van der Waals surface area contributed by atoms with Crippen LogP contribution in [0.3, 0.4) is 0 Å². The highest BCUT2D eigenvalue weighted by molar-refractivity contribution is 6.32. The molecule has 6 atom stereocenters. The van der Waals surface area contributed by atoms with E-state index in [1.54, 1.807) is 42.5 Å². The molecule has 0 aromatic heterocycles. The number of fused-ring (bicyclic) bond motifs is 5. The van der Waals surface area contributed by atoms with Crippen LogP contribution >= 0.6 is 11.6 Å². The standard InChI is InChI=1S/C42H30ClN3O7/c43-24-9-6-10-27(21-24)45-39(49)34-22-33-31(17-18-32-36(33)40(50)44(38(32)48)25-13-15-26(16-14-25)46(52)53)37(42(34,41(45)51)23-7-2-1-3-8-23)30-19-20-35(47)29-12-5-4-11-28(29)30/h1-17,19-21,32-34,36-37,47H,18,22H2/t32-,33+,34-,36-,37-,42+/m0/s1. The SMILES string of the molecule is O=C1[C@H]2[C@H](CC=C3[C@H]2C[C@H]2C(=O)N(c4cccc(Cl)c4)C(=O)[C@@]2(c2ccccc2)[C@H]3c2ccc(O)c3ccccc23)C(=O)N1c1ccc([N+](=O)[O-])cc1. The van der Waals surface area contributed by atoms with Crippen molar-refractivity contribution >= 4 is 63.1 Å². The Morgan fingerprint density at radius 3 is 2.17 bits per heavy atom. The maximum Gasteiger partial charge on any atom is 0.269 e. The molecule has 5 aromatic rings. The third-order valence-electron chi connectivity index (χ3n) is 11.7. The van der Waals surface area contributed by atoms with Crippen molar-refractivity contribution in [1.82, 2.24) is 0 Å². The molecule has 0 radical (unpaired) electrons. The number of nitro groups is 1.